The van der Waals surface area contributed by atoms with Crippen molar-refractivity contribution >= 4 is 5.91 Å². The van der Waals surface area contributed by atoms with Gasteiger partial charge in [0.25, 0.3) is 0 Å². The molecule has 2 fully saturated rings. The number of carbonyl (C=O) groups is 1. The summed E-state index contributed by atoms with van der Waals surface area (Å²) >= 11 is 0. The van der Waals surface area contributed by atoms with Gasteiger partial charge in [-0.25, -0.2) is 0 Å². The van der Waals surface area contributed by atoms with E-state index in [4.69, 9.17) is 0 Å². The molecule has 4 heteroatoms. The Kier molecular flexibility index (Phi) is 5.22. The van der Waals surface area contributed by atoms with Crippen molar-refractivity contribution in [3.63, 3.8) is 0 Å². The minimum absolute atomic E-state index is 0.0341. The molecule has 0 aliphatic carbocycles. The van der Waals surface area contributed by atoms with Gasteiger partial charge in [0.1, 0.15) is 0 Å². The zero-order valence-corrected chi connectivity index (χ0v) is 12.6. The van der Waals surface area contributed by atoms with Gasteiger partial charge in [-0.1, -0.05) is 6.92 Å². The molecule has 0 aromatic heterocycles. The SMILES string of the molecule is CC1CCNC(C(=O)NC2CCN(C(C)C)CC2)C1. The third kappa shape index (κ3) is 4.18. The van der Waals surface area contributed by atoms with E-state index < -0.39 is 0 Å². The summed E-state index contributed by atoms with van der Waals surface area (Å²) in [6.45, 7) is 9.92. The Labute approximate surface area is 117 Å². The molecule has 2 atom stereocenters. The van der Waals surface area contributed by atoms with E-state index in [0.717, 1.165) is 38.9 Å². The van der Waals surface area contributed by atoms with Crippen LogP contribution in [0.15, 0.2) is 0 Å². The Hall–Kier alpha value is -0.610. The van der Waals surface area contributed by atoms with Crippen LogP contribution in [-0.4, -0.2) is 48.6 Å². The largest absolute Gasteiger partial charge is 0.352 e. The van der Waals surface area contributed by atoms with E-state index in [2.05, 4.69) is 36.3 Å². The summed E-state index contributed by atoms with van der Waals surface area (Å²) in [6.07, 6.45) is 4.35. The maximum atomic E-state index is 12.2. The predicted molar refractivity (Wildman–Crippen MR) is 78.1 cm³/mol. The third-order valence-corrected chi connectivity index (χ3v) is 4.59. The highest BCUT2D eigenvalue weighted by atomic mass is 16.2. The Morgan fingerprint density at radius 1 is 1.26 bits per heavy atom. The topological polar surface area (TPSA) is 44.4 Å². The van der Waals surface area contributed by atoms with Crippen molar-refractivity contribution < 1.29 is 4.79 Å². The quantitative estimate of drug-likeness (QED) is 0.811. The molecule has 110 valence electrons. The lowest BCUT2D eigenvalue weighted by atomic mass is 9.93. The number of piperidine rings is 2. The van der Waals surface area contributed by atoms with Gasteiger partial charge in [-0.3, -0.25) is 4.79 Å². The van der Waals surface area contributed by atoms with Crippen LogP contribution in [0, 0.1) is 5.92 Å². The van der Waals surface area contributed by atoms with Crippen molar-refractivity contribution in [3.8, 4) is 0 Å². The zero-order chi connectivity index (χ0) is 13.8. The third-order valence-electron chi connectivity index (χ3n) is 4.59. The Bertz CT molecular complexity index is 298. The Morgan fingerprint density at radius 2 is 1.95 bits per heavy atom. The van der Waals surface area contributed by atoms with Gasteiger partial charge >= 0.3 is 0 Å². The van der Waals surface area contributed by atoms with Crippen molar-refractivity contribution in [2.75, 3.05) is 19.6 Å². The lowest BCUT2D eigenvalue weighted by molar-refractivity contribution is -0.125. The smallest absolute Gasteiger partial charge is 0.237 e. The number of amides is 1. The van der Waals surface area contributed by atoms with Crippen LogP contribution in [0.3, 0.4) is 0 Å². The van der Waals surface area contributed by atoms with E-state index in [1.165, 1.54) is 6.42 Å². The molecule has 1 amide bonds. The number of carbonyl (C=O) groups excluding carboxylic acids is 1. The standard InChI is InChI=1S/C15H29N3O/c1-11(2)18-8-5-13(6-9-18)17-15(19)14-10-12(3)4-7-16-14/h11-14,16H,4-10H2,1-3H3,(H,17,19). The molecule has 0 saturated carbocycles. The van der Waals surface area contributed by atoms with E-state index in [0.29, 0.717) is 18.0 Å². The first-order valence-corrected chi connectivity index (χ1v) is 7.84. The first-order valence-electron chi connectivity index (χ1n) is 7.84. The lowest BCUT2D eigenvalue weighted by Crippen LogP contribution is -2.53. The first kappa shape index (κ1) is 14.8. The van der Waals surface area contributed by atoms with Crippen LogP contribution in [0.1, 0.15) is 46.5 Å². The maximum absolute atomic E-state index is 12.2. The normalized spacial score (nSPS) is 30.5. The van der Waals surface area contributed by atoms with Crippen molar-refractivity contribution in [2.45, 2.75) is 64.6 Å². The van der Waals surface area contributed by atoms with E-state index in [-0.39, 0.29) is 11.9 Å². The first-order chi connectivity index (χ1) is 9.06. The Balaban J connectivity index is 1.74. The van der Waals surface area contributed by atoms with Crippen LogP contribution >= 0.6 is 0 Å². The van der Waals surface area contributed by atoms with Crippen molar-refractivity contribution in [2.24, 2.45) is 5.92 Å². The van der Waals surface area contributed by atoms with Crippen LogP contribution in [0.4, 0.5) is 0 Å². The molecule has 2 aliphatic heterocycles. The summed E-state index contributed by atoms with van der Waals surface area (Å²) in [7, 11) is 0. The molecule has 2 N–H and O–H groups in total. The van der Waals surface area contributed by atoms with Crippen molar-refractivity contribution in [3.05, 3.63) is 0 Å². The predicted octanol–water partition coefficient (Wildman–Crippen LogP) is 1.36. The summed E-state index contributed by atoms with van der Waals surface area (Å²) in [5.41, 5.74) is 0. The second-order valence-corrected chi connectivity index (χ2v) is 6.55. The highest BCUT2D eigenvalue weighted by molar-refractivity contribution is 5.82. The second kappa shape index (κ2) is 6.71. The highest BCUT2D eigenvalue weighted by Crippen LogP contribution is 2.17. The minimum atomic E-state index is 0.0341. The minimum Gasteiger partial charge on any atom is -0.352 e. The van der Waals surface area contributed by atoms with Crippen LogP contribution in [0.2, 0.25) is 0 Å². The maximum Gasteiger partial charge on any atom is 0.237 e. The number of hydrogen-bond donors (Lipinski definition) is 2. The van der Waals surface area contributed by atoms with Crippen LogP contribution < -0.4 is 10.6 Å². The monoisotopic (exact) mass is 267 g/mol. The molecule has 2 saturated heterocycles. The van der Waals surface area contributed by atoms with E-state index in [1.807, 2.05) is 0 Å². The van der Waals surface area contributed by atoms with Gasteiger partial charge in [0.15, 0.2) is 0 Å². The molecule has 0 radical (unpaired) electrons. The van der Waals surface area contributed by atoms with Gasteiger partial charge in [-0.05, 0) is 52.0 Å². The molecule has 2 rings (SSSR count). The molecule has 19 heavy (non-hydrogen) atoms. The number of rotatable bonds is 3. The molecule has 4 nitrogen and oxygen atoms in total. The zero-order valence-electron chi connectivity index (χ0n) is 12.6. The average Bonchev–Trinajstić information content (AvgIpc) is 2.39. The fourth-order valence-corrected chi connectivity index (χ4v) is 3.17. The molecule has 2 unspecified atom stereocenters. The molecular weight excluding hydrogens is 238 g/mol. The van der Waals surface area contributed by atoms with Crippen molar-refractivity contribution in [1.82, 2.24) is 15.5 Å². The van der Waals surface area contributed by atoms with Crippen LogP contribution in [0.25, 0.3) is 0 Å². The fourth-order valence-electron chi connectivity index (χ4n) is 3.17. The molecule has 2 aliphatic rings. The van der Waals surface area contributed by atoms with Gasteiger partial charge in [0, 0.05) is 25.2 Å². The summed E-state index contributed by atoms with van der Waals surface area (Å²) in [5, 5.41) is 6.58. The second-order valence-electron chi connectivity index (χ2n) is 6.55. The summed E-state index contributed by atoms with van der Waals surface area (Å²) in [4.78, 5) is 14.7. The van der Waals surface area contributed by atoms with Gasteiger partial charge < -0.3 is 15.5 Å². The molecule has 0 spiro atoms. The van der Waals surface area contributed by atoms with Gasteiger partial charge in [0.2, 0.25) is 5.91 Å². The van der Waals surface area contributed by atoms with Gasteiger partial charge in [-0.15, -0.1) is 0 Å². The molecule has 0 aromatic rings. The van der Waals surface area contributed by atoms with E-state index in [1.54, 1.807) is 0 Å². The summed E-state index contributed by atoms with van der Waals surface area (Å²) < 4.78 is 0. The summed E-state index contributed by atoms with van der Waals surface area (Å²) in [6, 6.07) is 1.03. The Morgan fingerprint density at radius 3 is 2.53 bits per heavy atom. The molecule has 2 heterocycles. The fraction of sp³-hybridized carbons (Fsp3) is 0.933. The van der Waals surface area contributed by atoms with Crippen LogP contribution in [0.5, 0.6) is 0 Å². The van der Waals surface area contributed by atoms with Crippen molar-refractivity contribution in [1.29, 1.82) is 0 Å². The van der Waals surface area contributed by atoms with E-state index in [9.17, 15) is 4.79 Å². The molecule has 0 aromatic carbocycles. The number of nitrogens with zero attached hydrogens (tertiary/aromatic N) is 1. The highest BCUT2D eigenvalue weighted by Gasteiger charge is 2.28. The average molecular weight is 267 g/mol. The van der Waals surface area contributed by atoms with Crippen LogP contribution in [-0.2, 0) is 4.79 Å². The number of nitrogens with one attached hydrogen (secondary N) is 2. The van der Waals surface area contributed by atoms with Gasteiger partial charge in [-0.2, -0.15) is 0 Å². The lowest BCUT2D eigenvalue weighted by Gasteiger charge is -2.36. The van der Waals surface area contributed by atoms with Gasteiger partial charge in [0.05, 0.1) is 6.04 Å². The number of likely N-dealkylation sites (tertiary alicyclic amines) is 1. The molecule has 0 bridgehead atoms. The summed E-state index contributed by atoms with van der Waals surface area (Å²) in [5.74, 6) is 0.884. The molecular formula is C15H29N3O. The number of hydrogen-bond acceptors (Lipinski definition) is 3. The van der Waals surface area contributed by atoms with E-state index >= 15 is 0 Å².